The number of alkyl carbamates (subject to hydrolysis) is 1. The van der Waals surface area contributed by atoms with Crippen molar-refractivity contribution in [3.8, 4) is 12.3 Å². The normalized spacial score (nSPS) is 20.8. The third kappa shape index (κ3) is 1.75. The van der Waals surface area contributed by atoms with Gasteiger partial charge in [-0.1, -0.05) is 36.3 Å². The lowest BCUT2D eigenvalue weighted by atomic mass is 9.94. The Bertz CT molecular complexity index is 461. The first-order valence-electron chi connectivity index (χ1n) is 4.75. The summed E-state index contributed by atoms with van der Waals surface area (Å²) in [6.07, 6.45) is 3.70. The largest absolute Gasteiger partial charge is 0.434 e. The number of carbonyl (C=O) groups excluding carboxylic acids is 2. The van der Waals surface area contributed by atoms with Gasteiger partial charge in [-0.25, -0.2) is 4.79 Å². The smallest absolute Gasteiger partial charge is 0.414 e. The molecule has 1 aromatic rings. The van der Waals surface area contributed by atoms with Crippen molar-refractivity contribution in [2.75, 3.05) is 0 Å². The molecular weight excluding hydrogens is 206 g/mol. The first kappa shape index (κ1) is 10.2. The number of nitrogens with one attached hydrogen (secondary N) is 1. The third-order valence-electron chi connectivity index (χ3n) is 2.36. The molecule has 2 atom stereocenters. The van der Waals surface area contributed by atoms with E-state index in [1.807, 2.05) is 18.2 Å². The summed E-state index contributed by atoms with van der Waals surface area (Å²) in [5, 5.41) is 2.06. The number of cyclic esters (lactones) is 1. The molecule has 1 aromatic carbocycles. The molecule has 16 heavy (non-hydrogen) atoms. The molecule has 1 N–H and O–H groups in total. The van der Waals surface area contributed by atoms with Crippen LogP contribution in [-0.2, 0) is 9.53 Å². The van der Waals surface area contributed by atoms with Crippen LogP contribution in [0.15, 0.2) is 30.3 Å². The quantitative estimate of drug-likeness (QED) is 0.750. The fraction of sp³-hybridized carbons (Fsp3) is 0.167. The standard InChI is InChI=1S/C12H9NO3/c1-2-9(8-6-4-3-5-7-8)10-11(14)13-12(15)16-10/h1,3-7,9-10H,(H,13,14,15). The van der Waals surface area contributed by atoms with Gasteiger partial charge in [0.15, 0.2) is 6.10 Å². The van der Waals surface area contributed by atoms with Crippen LogP contribution in [0, 0.1) is 12.3 Å². The molecule has 0 saturated carbocycles. The van der Waals surface area contributed by atoms with Crippen molar-refractivity contribution < 1.29 is 14.3 Å². The summed E-state index contributed by atoms with van der Waals surface area (Å²) in [5.74, 6) is 1.44. The Balaban J connectivity index is 2.28. The van der Waals surface area contributed by atoms with Crippen LogP contribution in [0.25, 0.3) is 0 Å². The van der Waals surface area contributed by atoms with Crippen molar-refractivity contribution in [3.63, 3.8) is 0 Å². The highest BCUT2D eigenvalue weighted by Crippen LogP contribution is 2.23. The molecule has 4 heteroatoms. The van der Waals surface area contributed by atoms with E-state index in [2.05, 4.69) is 11.2 Å². The van der Waals surface area contributed by atoms with Gasteiger partial charge in [0.1, 0.15) is 0 Å². The second-order valence-electron chi connectivity index (χ2n) is 3.37. The lowest BCUT2D eigenvalue weighted by Gasteiger charge is -2.14. The lowest BCUT2D eigenvalue weighted by molar-refractivity contribution is -0.123. The minimum Gasteiger partial charge on any atom is -0.434 e. The van der Waals surface area contributed by atoms with Gasteiger partial charge >= 0.3 is 6.09 Å². The van der Waals surface area contributed by atoms with E-state index in [0.29, 0.717) is 0 Å². The van der Waals surface area contributed by atoms with E-state index in [0.717, 1.165) is 5.56 Å². The number of hydrogen-bond donors (Lipinski definition) is 1. The van der Waals surface area contributed by atoms with Crippen LogP contribution in [-0.4, -0.2) is 18.1 Å². The summed E-state index contributed by atoms with van der Waals surface area (Å²) < 4.78 is 4.84. The monoisotopic (exact) mass is 215 g/mol. The van der Waals surface area contributed by atoms with Gasteiger partial charge in [-0.2, -0.15) is 0 Å². The molecule has 0 aromatic heterocycles. The molecular formula is C12H9NO3. The molecule has 1 aliphatic rings. The predicted octanol–water partition coefficient (Wildman–Crippen LogP) is 1.04. The topological polar surface area (TPSA) is 55.4 Å². The minimum atomic E-state index is -0.931. The van der Waals surface area contributed by atoms with Gasteiger partial charge < -0.3 is 4.74 Å². The predicted molar refractivity (Wildman–Crippen MR) is 56.4 cm³/mol. The molecule has 1 fully saturated rings. The Morgan fingerprint density at radius 1 is 1.31 bits per heavy atom. The van der Waals surface area contributed by atoms with Gasteiger partial charge in [-0.15, -0.1) is 6.42 Å². The number of benzene rings is 1. The highest BCUT2D eigenvalue weighted by atomic mass is 16.6. The number of carbonyl (C=O) groups is 2. The first-order valence-corrected chi connectivity index (χ1v) is 4.75. The summed E-state index contributed by atoms with van der Waals surface area (Å²) in [5.41, 5.74) is 0.778. The Labute approximate surface area is 92.6 Å². The molecule has 2 unspecified atom stereocenters. The second-order valence-corrected chi connectivity index (χ2v) is 3.37. The average molecular weight is 215 g/mol. The Morgan fingerprint density at radius 2 is 2.00 bits per heavy atom. The number of rotatable bonds is 2. The van der Waals surface area contributed by atoms with Gasteiger partial charge in [-0.3, -0.25) is 10.1 Å². The number of terminal acetylenes is 1. The number of ether oxygens (including phenoxy) is 1. The van der Waals surface area contributed by atoms with Gasteiger partial charge in [0.2, 0.25) is 0 Å². The maximum atomic E-state index is 11.4. The van der Waals surface area contributed by atoms with Crippen LogP contribution in [0.2, 0.25) is 0 Å². The zero-order valence-corrected chi connectivity index (χ0v) is 8.34. The fourth-order valence-corrected chi connectivity index (χ4v) is 1.61. The highest BCUT2D eigenvalue weighted by molar-refractivity contribution is 6.00. The summed E-state index contributed by atoms with van der Waals surface area (Å²) in [4.78, 5) is 22.3. The molecule has 1 heterocycles. The molecule has 0 aliphatic carbocycles. The van der Waals surface area contributed by atoms with Gasteiger partial charge in [0, 0.05) is 0 Å². The van der Waals surface area contributed by atoms with E-state index in [4.69, 9.17) is 11.2 Å². The lowest BCUT2D eigenvalue weighted by Crippen LogP contribution is -2.29. The maximum Gasteiger partial charge on any atom is 0.414 e. The van der Waals surface area contributed by atoms with Crippen LogP contribution < -0.4 is 5.32 Å². The summed E-state index contributed by atoms with van der Waals surface area (Å²) in [7, 11) is 0. The molecule has 1 saturated heterocycles. The van der Waals surface area contributed by atoms with Crippen LogP contribution >= 0.6 is 0 Å². The van der Waals surface area contributed by atoms with Gasteiger partial charge in [-0.05, 0) is 5.56 Å². The number of amides is 2. The molecule has 0 radical (unpaired) electrons. The SMILES string of the molecule is C#CC(c1ccccc1)C1OC(=O)NC1=O. The molecule has 80 valence electrons. The van der Waals surface area contributed by atoms with E-state index >= 15 is 0 Å². The van der Waals surface area contributed by atoms with E-state index in [1.54, 1.807) is 12.1 Å². The van der Waals surface area contributed by atoms with Crippen molar-refractivity contribution in [3.05, 3.63) is 35.9 Å². The van der Waals surface area contributed by atoms with Crippen molar-refractivity contribution in [2.24, 2.45) is 0 Å². The zero-order chi connectivity index (χ0) is 11.5. The van der Waals surface area contributed by atoms with Crippen LogP contribution in [0.1, 0.15) is 11.5 Å². The van der Waals surface area contributed by atoms with E-state index < -0.39 is 24.0 Å². The Morgan fingerprint density at radius 3 is 2.50 bits per heavy atom. The number of imide groups is 1. The summed E-state index contributed by atoms with van der Waals surface area (Å²) in [6, 6.07) is 9.06. The molecule has 1 aliphatic heterocycles. The first-order chi connectivity index (χ1) is 7.72. The van der Waals surface area contributed by atoms with Crippen LogP contribution in [0.5, 0.6) is 0 Å². The highest BCUT2D eigenvalue weighted by Gasteiger charge is 2.38. The van der Waals surface area contributed by atoms with E-state index in [9.17, 15) is 9.59 Å². The third-order valence-corrected chi connectivity index (χ3v) is 2.36. The van der Waals surface area contributed by atoms with Crippen molar-refractivity contribution >= 4 is 12.0 Å². The van der Waals surface area contributed by atoms with Crippen LogP contribution in [0.4, 0.5) is 4.79 Å². The maximum absolute atomic E-state index is 11.4. The van der Waals surface area contributed by atoms with Gasteiger partial charge in [0.05, 0.1) is 5.92 Å². The second kappa shape index (κ2) is 4.07. The summed E-state index contributed by atoms with van der Waals surface area (Å²) >= 11 is 0. The Kier molecular flexibility index (Phi) is 2.61. The van der Waals surface area contributed by atoms with Crippen molar-refractivity contribution in [1.29, 1.82) is 0 Å². The number of hydrogen-bond acceptors (Lipinski definition) is 3. The van der Waals surface area contributed by atoms with Crippen molar-refractivity contribution in [2.45, 2.75) is 12.0 Å². The van der Waals surface area contributed by atoms with E-state index in [-0.39, 0.29) is 0 Å². The molecule has 0 bridgehead atoms. The Hall–Kier alpha value is -2.28. The zero-order valence-electron chi connectivity index (χ0n) is 8.34. The van der Waals surface area contributed by atoms with Gasteiger partial charge in [0.25, 0.3) is 5.91 Å². The molecule has 4 nitrogen and oxygen atoms in total. The fourth-order valence-electron chi connectivity index (χ4n) is 1.61. The summed E-state index contributed by atoms with van der Waals surface area (Å²) in [6.45, 7) is 0. The molecule has 2 rings (SSSR count). The minimum absolute atomic E-state index is 0.489. The van der Waals surface area contributed by atoms with E-state index in [1.165, 1.54) is 0 Å². The average Bonchev–Trinajstić information content (AvgIpc) is 2.61. The van der Waals surface area contributed by atoms with Crippen LogP contribution in [0.3, 0.4) is 0 Å². The molecule has 2 amide bonds. The van der Waals surface area contributed by atoms with Crippen molar-refractivity contribution in [1.82, 2.24) is 5.32 Å². The molecule has 0 spiro atoms.